The molecule has 0 radical (unpaired) electrons. The Morgan fingerprint density at radius 1 is 1.02 bits per heavy atom. The molecular formula is C37H51F4N3O4. The van der Waals surface area contributed by atoms with Gasteiger partial charge in [0.05, 0.1) is 5.60 Å². The second-order valence-corrected chi connectivity index (χ2v) is 15.8. The van der Waals surface area contributed by atoms with Crippen LogP contribution in [0, 0.1) is 17.2 Å². The average molecular weight is 678 g/mol. The molecular weight excluding hydrogens is 626 g/mol. The quantitative estimate of drug-likeness (QED) is 0.288. The minimum absolute atomic E-state index is 0.0292. The normalized spacial score (nSPS) is 27.7. The minimum atomic E-state index is -4.95. The van der Waals surface area contributed by atoms with Gasteiger partial charge < -0.3 is 19.9 Å². The lowest BCUT2D eigenvalue weighted by molar-refractivity contribution is -0.275. The first-order valence-corrected chi connectivity index (χ1v) is 17.1. The number of nitrogens with one attached hydrogen (secondary N) is 1. The fraction of sp³-hybridized carbons (Fsp3) is 0.649. The number of carbonyl (C=O) groups is 1. The molecule has 11 heteroatoms. The molecule has 6 unspecified atom stereocenters. The van der Waals surface area contributed by atoms with E-state index in [2.05, 4.69) is 65.7 Å². The van der Waals surface area contributed by atoms with E-state index in [0.29, 0.717) is 25.2 Å². The van der Waals surface area contributed by atoms with E-state index in [4.69, 9.17) is 4.74 Å². The molecule has 2 aromatic carbocycles. The van der Waals surface area contributed by atoms with Crippen LogP contribution in [-0.2, 0) is 29.0 Å². The molecule has 2 N–H and O–H groups in total. The van der Waals surface area contributed by atoms with Gasteiger partial charge in [0.15, 0.2) is 17.7 Å². The molecule has 0 saturated carbocycles. The van der Waals surface area contributed by atoms with Gasteiger partial charge in [0, 0.05) is 49.6 Å². The third-order valence-corrected chi connectivity index (χ3v) is 10.4. The van der Waals surface area contributed by atoms with Crippen LogP contribution in [0.4, 0.5) is 17.6 Å². The van der Waals surface area contributed by atoms with Crippen LogP contribution in [-0.4, -0.2) is 76.7 Å². The van der Waals surface area contributed by atoms with Gasteiger partial charge in [0.2, 0.25) is 0 Å². The van der Waals surface area contributed by atoms with E-state index in [0.717, 1.165) is 50.0 Å². The number of benzene rings is 2. The minimum Gasteiger partial charge on any atom is -0.479 e. The number of piperidine rings is 2. The molecule has 2 aromatic rings. The summed E-state index contributed by atoms with van der Waals surface area (Å²) in [6, 6.07) is 10.2. The number of ether oxygens (including phenoxy) is 2. The predicted octanol–water partition coefficient (Wildman–Crippen LogP) is 7.12. The van der Waals surface area contributed by atoms with Crippen LogP contribution >= 0.6 is 0 Å². The van der Waals surface area contributed by atoms with Gasteiger partial charge in [-0.15, -0.1) is 13.2 Å². The SMILES string of the molecule is CC1NC(C)C(C(OC(C)(C)C)C(=O)O)C(N2CCC(C)(C)CC2)C1c1ccc2c(c1)CCN(Cc1ccc(OC(F)(F)F)c(F)c1)C2. The Morgan fingerprint density at radius 3 is 2.31 bits per heavy atom. The number of alkyl halides is 3. The van der Waals surface area contributed by atoms with Gasteiger partial charge in [-0.2, -0.15) is 0 Å². The van der Waals surface area contributed by atoms with Gasteiger partial charge in [-0.3, -0.25) is 9.80 Å². The zero-order valence-corrected chi connectivity index (χ0v) is 29.2. The van der Waals surface area contributed by atoms with Crippen LogP contribution in [0.15, 0.2) is 36.4 Å². The summed E-state index contributed by atoms with van der Waals surface area (Å²) < 4.78 is 62.2. The summed E-state index contributed by atoms with van der Waals surface area (Å²) in [5.74, 6) is -3.07. The molecule has 48 heavy (non-hydrogen) atoms. The van der Waals surface area contributed by atoms with Crippen LogP contribution in [0.5, 0.6) is 5.75 Å². The molecule has 5 rings (SSSR count). The molecule has 6 atom stereocenters. The highest BCUT2D eigenvalue weighted by Gasteiger charge is 2.51. The van der Waals surface area contributed by atoms with Gasteiger partial charge in [0.25, 0.3) is 0 Å². The number of fused-ring (bicyclic) bond motifs is 1. The number of carboxylic acids is 1. The lowest BCUT2D eigenvalue weighted by atomic mass is 9.68. The number of hydrogen-bond acceptors (Lipinski definition) is 6. The van der Waals surface area contributed by atoms with Crippen LogP contribution in [0.2, 0.25) is 0 Å². The zero-order valence-electron chi connectivity index (χ0n) is 29.2. The van der Waals surface area contributed by atoms with Crippen molar-refractivity contribution >= 4 is 5.97 Å². The average Bonchev–Trinajstić information content (AvgIpc) is 2.96. The number of likely N-dealkylation sites (tertiary alicyclic amines) is 1. The van der Waals surface area contributed by atoms with E-state index in [1.54, 1.807) is 0 Å². The van der Waals surface area contributed by atoms with Crippen molar-refractivity contribution in [3.63, 3.8) is 0 Å². The van der Waals surface area contributed by atoms with E-state index in [9.17, 15) is 27.5 Å². The number of hydrogen-bond donors (Lipinski definition) is 2. The first kappa shape index (κ1) is 36.5. The molecule has 0 aromatic heterocycles. The third-order valence-electron chi connectivity index (χ3n) is 10.4. The van der Waals surface area contributed by atoms with Crippen molar-refractivity contribution in [3.05, 3.63) is 64.5 Å². The molecule has 7 nitrogen and oxygen atoms in total. The maximum absolute atomic E-state index is 14.4. The van der Waals surface area contributed by atoms with Crippen molar-refractivity contribution in [1.82, 2.24) is 15.1 Å². The summed E-state index contributed by atoms with van der Waals surface area (Å²) >= 11 is 0. The Bertz CT molecular complexity index is 1450. The summed E-state index contributed by atoms with van der Waals surface area (Å²) in [6.45, 7) is 18.1. The van der Waals surface area contributed by atoms with Crippen molar-refractivity contribution < 1.29 is 36.9 Å². The van der Waals surface area contributed by atoms with Gasteiger partial charge in [-0.1, -0.05) is 38.1 Å². The fourth-order valence-corrected chi connectivity index (χ4v) is 8.04. The molecule has 0 bridgehead atoms. The Balaban J connectivity index is 1.41. The van der Waals surface area contributed by atoms with E-state index < -0.39 is 35.6 Å². The Morgan fingerprint density at radius 2 is 1.71 bits per heavy atom. The van der Waals surface area contributed by atoms with Crippen LogP contribution in [0.1, 0.15) is 89.5 Å². The predicted molar refractivity (Wildman–Crippen MR) is 176 cm³/mol. The first-order valence-electron chi connectivity index (χ1n) is 17.1. The zero-order chi connectivity index (χ0) is 35.2. The monoisotopic (exact) mass is 677 g/mol. The van der Waals surface area contributed by atoms with E-state index in [1.807, 2.05) is 20.8 Å². The van der Waals surface area contributed by atoms with Gasteiger partial charge >= 0.3 is 12.3 Å². The Labute approximate surface area is 282 Å². The smallest absolute Gasteiger partial charge is 0.479 e. The van der Waals surface area contributed by atoms with Crippen molar-refractivity contribution in [2.24, 2.45) is 11.3 Å². The van der Waals surface area contributed by atoms with Gasteiger partial charge in [0.1, 0.15) is 0 Å². The molecule has 3 aliphatic rings. The molecule has 2 saturated heterocycles. The number of nitrogens with zero attached hydrogens (tertiary/aromatic N) is 2. The van der Waals surface area contributed by atoms with E-state index >= 15 is 0 Å². The molecule has 3 aliphatic heterocycles. The second kappa shape index (κ2) is 13.9. The number of aliphatic carboxylic acids is 1. The van der Waals surface area contributed by atoms with E-state index in [-0.39, 0.29) is 35.4 Å². The maximum atomic E-state index is 14.4. The Hall–Kier alpha value is -2.73. The highest BCUT2D eigenvalue weighted by Crippen LogP contribution is 2.44. The lowest BCUT2D eigenvalue weighted by Gasteiger charge is -2.54. The largest absolute Gasteiger partial charge is 0.573 e. The summed E-state index contributed by atoms with van der Waals surface area (Å²) in [4.78, 5) is 17.6. The number of halogens is 4. The summed E-state index contributed by atoms with van der Waals surface area (Å²) in [6.07, 6.45) is -3.08. The van der Waals surface area contributed by atoms with Crippen molar-refractivity contribution in [3.8, 4) is 5.75 Å². The molecule has 2 fully saturated rings. The van der Waals surface area contributed by atoms with Crippen molar-refractivity contribution in [2.75, 3.05) is 19.6 Å². The number of carboxylic acid groups (broad SMARTS) is 1. The lowest BCUT2D eigenvalue weighted by Crippen LogP contribution is -2.66. The molecule has 0 amide bonds. The van der Waals surface area contributed by atoms with Crippen molar-refractivity contribution in [2.45, 2.75) is 123 Å². The maximum Gasteiger partial charge on any atom is 0.573 e. The second-order valence-electron chi connectivity index (χ2n) is 15.8. The fourth-order valence-electron chi connectivity index (χ4n) is 8.04. The summed E-state index contributed by atoms with van der Waals surface area (Å²) in [5.41, 5.74) is 3.74. The Kier molecular flexibility index (Phi) is 10.6. The standard InChI is InChI=1S/C37H51F4N3O4/c1-22-30(32(44-16-13-36(6,7)14-17-44)31(23(2)42-22)33(34(45)46)48-35(3,4)5)26-9-10-27-21-43(15-12-25(27)19-26)20-24-8-11-29(28(38)18-24)47-37(39,40)41/h8-11,18-19,22-23,30-33,42H,12-17,20-21H2,1-7H3,(H,45,46). The first-order chi connectivity index (χ1) is 22.3. The molecule has 266 valence electrons. The van der Waals surface area contributed by atoms with Crippen LogP contribution < -0.4 is 10.1 Å². The van der Waals surface area contributed by atoms with Crippen LogP contribution in [0.25, 0.3) is 0 Å². The van der Waals surface area contributed by atoms with E-state index in [1.165, 1.54) is 17.2 Å². The van der Waals surface area contributed by atoms with Gasteiger partial charge in [-0.05, 0) is 107 Å². The molecule has 3 heterocycles. The molecule has 0 spiro atoms. The van der Waals surface area contributed by atoms with Crippen LogP contribution in [0.3, 0.4) is 0 Å². The van der Waals surface area contributed by atoms with Crippen molar-refractivity contribution in [1.29, 1.82) is 0 Å². The number of rotatable bonds is 8. The topological polar surface area (TPSA) is 74.3 Å². The third kappa shape index (κ3) is 8.70. The highest BCUT2D eigenvalue weighted by molar-refractivity contribution is 5.73. The molecule has 0 aliphatic carbocycles. The summed E-state index contributed by atoms with van der Waals surface area (Å²) in [7, 11) is 0. The highest BCUT2D eigenvalue weighted by atomic mass is 19.4. The summed E-state index contributed by atoms with van der Waals surface area (Å²) in [5, 5.41) is 14.3. The van der Waals surface area contributed by atoms with Gasteiger partial charge in [-0.25, -0.2) is 9.18 Å².